The van der Waals surface area contributed by atoms with Crippen molar-refractivity contribution in [2.45, 2.75) is 18.8 Å². The van der Waals surface area contributed by atoms with Crippen LogP contribution < -0.4 is 10.5 Å². The second kappa shape index (κ2) is 7.07. The van der Waals surface area contributed by atoms with E-state index < -0.39 is 16.6 Å². The van der Waals surface area contributed by atoms with Crippen molar-refractivity contribution in [2.24, 2.45) is 5.10 Å². The molecule has 2 aromatic carbocycles. The number of nitrogens with zero attached hydrogens (tertiary/aromatic N) is 3. The number of benzene rings is 2. The van der Waals surface area contributed by atoms with E-state index in [1.54, 1.807) is 6.07 Å². The van der Waals surface area contributed by atoms with E-state index in [-0.39, 0.29) is 11.3 Å². The first-order chi connectivity index (χ1) is 13.5. The zero-order valence-electron chi connectivity index (χ0n) is 14.7. The molecule has 0 unspecified atom stereocenters. The van der Waals surface area contributed by atoms with Gasteiger partial charge in [0.15, 0.2) is 0 Å². The molecule has 3 aromatic rings. The summed E-state index contributed by atoms with van der Waals surface area (Å²) in [7, 11) is 0. The number of aromatic nitrogens is 1. The zero-order chi connectivity index (χ0) is 19.7. The Balaban J connectivity index is 1.60. The van der Waals surface area contributed by atoms with Crippen LogP contribution in [0.3, 0.4) is 0 Å². The molecule has 8 nitrogen and oxygen atoms in total. The predicted octanol–water partition coefficient (Wildman–Crippen LogP) is 2.86. The Labute approximate surface area is 159 Å². The third-order valence-corrected chi connectivity index (χ3v) is 4.55. The number of hydrogen-bond donors (Lipinski definition) is 1. The summed E-state index contributed by atoms with van der Waals surface area (Å²) in [6.07, 6.45) is 3.23. The summed E-state index contributed by atoms with van der Waals surface area (Å²) in [5.74, 6) is -0.476. The van der Waals surface area contributed by atoms with E-state index in [0.717, 1.165) is 48.5 Å². The first-order valence-electron chi connectivity index (χ1n) is 8.71. The summed E-state index contributed by atoms with van der Waals surface area (Å²) >= 11 is 0. The van der Waals surface area contributed by atoms with Gasteiger partial charge in [0, 0.05) is 29.1 Å². The van der Waals surface area contributed by atoms with Gasteiger partial charge < -0.3 is 5.11 Å². The van der Waals surface area contributed by atoms with Crippen LogP contribution in [-0.4, -0.2) is 22.0 Å². The van der Waals surface area contributed by atoms with Gasteiger partial charge in [0.25, 0.3) is 11.6 Å². The highest BCUT2D eigenvalue weighted by Crippen LogP contribution is 2.40. The molecule has 4 rings (SSSR count). The molecule has 1 heterocycles. The van der Waals surface area contributed by atoms with Gasteiger partial charge in [-0.05, 0) is 30.5 Å². The second-order valence-corrected chi connectivity index (χ2v) is 6.56. The fourth-order valence-corrected chi connectivity index (χ4v) is 2.94. The Bertz CT molecular complexity index is 1120. The number of nitro benzene ring substituents is 1. The van der Waals surface area contributed by atoms with Gasteiger partial charge in [-0.25, -0.2) is 5.43 Å². The normalized spacial score (nSPS) is 13.7. The van der Waals surface area contributed by atoms with E-state index in [9.17, 15) is 20.0 Å². The molecular formula is C20H15N4O4-. The molecule has 8 heteroatoms. The van der Waals surface area contributed by atoms with Gasteiger partial charge in [0.2, 0.25) is 0 Å². The highest BCUT2D eigenvalue weighted by molar-refractivity contribution is 6.06. The predicted molar refractivity (Wildman–Crippen MR) is 101 cm³/mol. The minimum absolute atomic E-state index is 0.0211. The quantitative estimate of drug-likeness (QED) is 0.417. The van der Waals surface area contributed by atoms with Crippen molar-refractivity contribution in [3.63, 3.8) is 0 Å². The van der Waals surface area contributed by atoms with Crippen molar-refractivity contribution in [2.75, 3.05) is 0 Å². The maximum atomic E-state index is 12.7. The van der Waals surface area contributed by atoms with Gasteiger partial charge in [-0.3, -0.25) is 19.9 Å². The summed E-state index contributed by atoms with van der Waals surface area (Å²) in [4.78, 5) is 27.5. The van der Waals surface area contributed by atoms with Crippen molar-refractivity contribution in [3.8, 4) is 5.75 Å². The lowest BCUT2D eigenvalue weighted by atomic mass is 10.1. The topological polar surface area (TPSA) is 121 Å². The molecule has 0 atom stereocenters. The molecule has 0 spiro atoms. The average molecular weight is 375 g/mol. The first kappa shape index (κ1) is 17.6. The maximum absolute atomic E-state index is 12.7. The summed E-state index contributed by atoms with van der Waals surface area (Å²) in [6.45, 7) is 0. The number of pyridine rings is 1. The van der Waals surface area contributed by atoms with Crippen LogP contribution in [-0.2, 0) is 0 Å². The molecule has 1 fully saturated rings. The molecule has 140 valence electrons. The van der Waals surface area contributed by atoms with E-state index >= 15 is 0 Å². The van der Waals surface area contributed by atoms with Crippen molar-refractivity contribution >= 4 is 28.7 Å². The number of rotatable bonds is 5. The molecule has 1 aliphatic rings. The van der Waals surface area contributed by atoms with Gasteiger partial charge in [-0.1, -0.05) is 30.0 Å². The summed E-state index contributed by atoms with van der Waals surface area (Å²) in [6, 6.07) is 12.5. The molecule has 0 saturated heterocycles. The molecule has 1 amide bonds. The largest absolute Gasteiger partial charge is 0.872 e. The number of fused-ring (bicyclic) bond motifs is 1. The molecule has 1 aliphatic carbocycles. The SMILES string of the molecule is O=C(N/N=C\c1cc([N+](=O)[O-])ccc1[O-])c1cc(C2CC2)nc2ccccc12. The molecule has 0 bridgehead atoms. The fourth-order valence-electron chi connectivity index (χ4n) is 2.94. The van der Waals surface area contributed by atoms with Crippen LogP contribution in [0.25, 0.3) is 10.9 Å². The van der Waals surface area contributed by atoms with Gasteiger partial charge in [0.1, 0.15) is 0 Å². The van der Waals surface area contributed by atoms with E-state index in [4.69, 9.17) is 0 Å². The minimum Gasteiger partial charge on any atom is -0.872 e. The van der Waals surface area contributed by atoms with Crippen molar-refractivity contribution in [1.82, 2.24) is 10.4 Å². The van der Waals surface area contributed by atoms with Crippen LogP contribution in [0.15, 0.2) is 53.6 Å². The smallest absolute Gasteiger partial charge is 0.272 e. The fraction of sp³-hybridized carbons (Fsp3) is 0.150. The molecule has 0 radical (unpaired) electrons. The first-order valence-corrected chi connectivity index (χ1v) is 8.71. The lowest BCUT2D eigenvalue weighted by Crippen LogP contribution is -2.18. The summed E-state index contributed by atoms with van der Waals surface area (Å²) in [5, 5.41) is 27.2. The maximum Gasteiger partial charge on any atom is 0.272 e. The highest BCUT2D eigenvalue weighted by atomic mass is 16.6. The number of hydrazone groups is 1. The lowest BCUT2D eigenvalue weighted by Gasteiger charge is -2.09. The Morgan fingerprint density at radius 2 is 2.00 bits per heavy atom. The Kier molecular flexibility index (Phi) is 4.44. The number of amides is 1. The highest BCUT2D eigenvalue weighted by Gasteiger charge is 2.26. The Morgan fingerprint density at radius 3 is 2.75 bits per heavy atom. The van der Waals surface area contributed by atoms with Crippen LogP contribution >= 0.6 is 0 Å². The number of carbonyl (C=O) groups is 1. The van der Waals surface area contributed by atoms with Crippen LogP contribution in [0, 0.1) is 10.1 Å². The van der Waals surface area contributed by atoms with Crippen LogP contribution in [0.2, 0.25) is 0 Å². The Morgan fingerprint density at radius 1 is 1.21 bits per heavy atom. The molecule has 1 saturated carbocycles. The van der Waals surface area contributed by atoms with Crippen molar-refractivity contribution in [3.05, 3.63) is 75.5 Å². The van der Waals surface area contributed by atoms with Crippen LogP contribution in [0.5, 0.6) is 5.75 Å². The summed E-state index contributed by atoms with van der Waals surface area (Å²) < 4.78 is 0. The van der Waals surface area contributed by atoms with Crippen molar-refractivity contribution < 1.29 is 14.8 Å². The van der Waals surface area contributed by atoms with Gasteiger partial charge in [0.05, 0.1) is 22.2 Å². The zero-order valence-corrected chi connectivity index (χ0v) is 14.7. The molecule has 1 N–H and O–H groups in total. The molecule has 1 aromatic heterocycles. The average Bonchev–Trinajstić information content (AvgIpc) is 3.53. The van der Waals surface area contributed by atoms with E-state index in [1.807, 2.05) is 24.3 Å². The van der Waals surface area contributed by atoms with Gasteiger partial charge in [-0.2, -0.15) is 5.10 Å². The van der Waals surface area contributed by atoms with E-state index in [2.05, 4.69) is 15.5 Å². The number of nitrogens with one attached hydrogen (secondary N) is 1. The Hall–Kier alpha value is -3.81. The summed E-state index contributed by atoms with van der Waals surface area (Å²) in [5.41, 5.74) is 4.27. The molecule has 0 aliphatic heterocycles. The lowest BCUT2D eigenvalue weighted by molar-refractivity contribution is -0.385. The number of nitro groups is 1. The molecule has 28 heavy (non-hydrogen) atoms. The van der Waals surface area contributed by atoms with E-state index in [1.165, 1.54) is 0 Å². The molecular weight excluding hydrogens is 360 g/mol. The van der Waals surface area contributed by atoms with E-state index in [0.29, 0.717) is 16.9 Å². The van der Waals surface area contributed by atoms with Crippen LogP contribution in [0.1, 0.15) is 40.4 Å². The van der Waals surface area contributed by atoms with Crippen LogP contribution in [0.4, 0.5) is 5.69 Å². The third kappa shape index (κ3) is 3.52. The third-order valence-electron chi connectivity index (χ3n) is 4.55. The van der Waals surface area contributed by atoms with Crippen molar-refractivity contribution in [1.29, 1.82) is 0 Å². The van der Waals surface area contributed by atoms with Gasteiger partial charge in [-0.15, -0.1) is 0 Å². The number of carbonyl (C=O) groups excluding carboxylic acids is 1. The second-order valence-electron chi connectivity index (χ2n) is 6.56. The number of hydrogen-bond acceptors (Lipinski definition) is 6. The minimum atomic E-state index is -0.599. The van der Waals surface area contributed by atoms with Gasteiger partial charge >= 0.3 is 0 Å². The number of non-ortho nitro benzene ring substituents is 1. The monoisotopic (exact) mass is 375 g/mol. The standard InChI is InChI=1S/C20H16N4O4/c25-19-8-7-14(24(27)28)9-13(19)11-21-23-20(26)16-10-18(12-5-6-12)22-17-4-2-1-3-15(16)17/h1-4,7-12,25H,5-6H2,(H,23,26)/p-1/b21-11-. The number of para-hydroxylation sites is 1.